The van der Waals surface area contributed by atoms with E-state index in [0.717, 1.165) is 23.5 Å². The van der Waals surface area contributed by atoms with Gasteiger partial charge in [-0.05, 0) is 19.9 Å². The molecule has 0 aliphatic carbocycles. The third kappa shape index (κ3) is 4.87. The molecule has 0 saturated carbocycles. The summed E-state index contributed by atoms with van der Waals surface area (Å²) in [7, 11) is 1.82. The van der Waals surface area contributed by atoms with Gasteiger partial charge in [-0.15, -0.1) is 11.3 Å². The highest BCUT2D eigenvalue weighted by Gasteiger charge is 2.15. The number of hydrogen-bond acceptors (Lipinski definition) is 3. The van der Waals surface area contributed by atoms with Gasteiger partial charge < -0.3 is 14.9 Å². The van der Waals surface area contributed by atoms with E-state index in [-0.39, 0.29) is 12.6 Å². The topological polar surface area (TPSA) is 43.8 Å². The molecule has 5 heteroatoms. The van der Waals surface area contributed by atoms with Gasteiger partial charge in [0.2, 0.25) is 0 Å². The number of rotatable bonds is 5. The number of thiophene rings is 1. The fraction of sp³-hybridized carbons (Fsp3) is 0.533. The van der Waals surface area contributed by atoms with Gasteiger partial charge in [0.05, 0.1) is 13.2 Å². The predicted octanol–water partition coefficient (Wildman–Crippen LogP) is 2.38. The Morgan fingerprint density at radius 3 is 2.70 bits per heavy atom. The van der Waals surface area contributed by atoms with Crippen LogP contribution in [-0.2, 0) is 6.54 Å². The van der Waals surface area contributed by atoms with Crippen LogP contribution in [0.4, 0.5) is 4.79 Å². The molecule has 0 aromatic carbocycles. The molecule has 0 aliphatic rings. The molecule has 0 aliphatic heterocycles. The maximum atomic E-state index is 12.1. The molecule has 2 amide bonds. The van der Waals surface area contributed by atoms with Crippen LogP contribution in [0.1, 0.15) is 30.7 Å². The van der Waals surface area contributed by atoms with Crippen LogP contribution in [0.3, 0.4) is 0 Å². The summed E-state index contributed by atoms with van der Waals surface area (Å²) in [4.78, 5) is 16.8. The van der Waals surface area contributed by atoms with Crippen molar-refractivity contribution >= 4 is 17.4 Å². The molecule has 1 N–H and O–H groups in total. The Morgan fingerprint density at radius 1 is 1.40 bits per heavy atom. The number of carbonyl (C=O) groups is 1. The van der Waals surface area contributed by atoms with Crippen LogP contribution in [0.25, 0.3) is 0 Å². The predicted molar refractivity (Wildman–Crippen MR) is 82.7 cm³/mol. The van der Waals surface area contributed by atoms with Gasteiger partial charge in [-0.2, -0.15) is 0 Å². The molecular weight excluding hydrogens is 272 g/mol. The lowest BCUT2D eigenvalue weighted by Gasteiger charge is -2.25. The monoisotopic (exact) mass is 294 g/mol. The minimum Gasteiger partial charge on any atom is -0.395 e. The first-order chi connectivity index (χ1) is 9.62. The number of nitrogens with zero attached hydrogens (tertiary/aromatic N) is 2. The summed E-state index contributed by atoms with van der Waals surface area (Å²) >= 11 is 1.60. The van der Waals surface area contributed by atoms with E-state index in [9.17, 15) is 4.79 Å². The van der Waals surface area contributed by atoms with Gasteiger partial charge in [-0.1, -0.05) is 11.8 Å². The SMILES string of the molecule is CCN(CC)C(=O)N(C)Cc1cc(C#CCCO)cs1. The molecule has 1 heterocycles. The molecular formula is C15H22N2O2S. The standard InChI is InChI=1S/C15H22N2O2S/c1-4-17(5-2)15(19)16(3)11-14-10-13(12-20-14)8-6-7-9-18/h10,12,18H,4-5,7,9,11H2,1-3H3. The summed E-state index contributed by atoms with van der Waals surface area (Å²) in [5.41, 5.74) is 0.946. The quantitative estimate of drug-likeness (QED) is 0.847. The highest BCUT2D eigenvalue weighted by molar-refractivity contribution is 7.10. The number of carbonyl (C=O) groups excluding carboxylic acids is 1. The maximum Gasteiger partial charge on any atom is 0.320 e. The maximum absolute atomic E-state index is 12.1. The Labute approximate surface area is 125 Å². The highest BCUT2D eigenvalue weighted by Crippen LogP contribution is 2.16. The molecule has 0 atom stereocenters. The van der Waals surface area contributed by atoms with E-state index in [1.807, 2.05) is 32.3 Å². The molecule has 20 heavy (non-hydrogen) atoms. The third-order valence-corrected chi connectivity index (χ3v) is 3.80. The molecule has 0 saturated heterocycles. The smallest absolute Gasteiger partial charge is 0.320 e. The lowest BCUT2D eigenvalue weighted by atomic mass is 10.3. The van der Waals surface area contributed by atoms with Crippen molar-refractivity contribution in [2.75, 3.05) is 26.7 Å². The Morgan fingerprint density at radius 2 is 2.10 bits per heavy atom. The highest BCUT2D eigenvalue weighted by atomic mass is 32.1. The molecule has 0 radical (unpaired) electrons. The lowest BCUT2D eigenvalue weighted by molar-refractivity contribution is 0.166. The first-order valence-corrected chi connectivity index (χ1v) is 7.67. The van der Waals surface area contributed by atoms with Crippen molar-refractivity contribution in [1.82, 2.24) is 9.80 Å². The third-order valence-electron chi connectivity index (χ3n) is 2.88. The number of aliphatic hydroxyl groups excluding tert-OH is 1. The Hall–Kier alpha value is -1.51. The number of urea groups is 1. The molecule has 0 unspecified atom stereocenters. The zero-order chi connectivity index (χ0) is 15.0. The van der Waals surface area contributed by atoms with E-state index in [1.54, 1.807) is 21.1 Å². The Balaban J connectivity index is 2.61. The Bertz CT molecular complexity index is 484. The molecule has 0 fully saturated rings. The van der Waals surface area contributed by atoms with Crippen molar-refractivity contribution in [2.24, 2.45) is 0 Å². The molecule has 1 aromatic rings. The second-order valence-electron chi connectivity index (χ2n) is 4.39. The van der Waals surface area contributed by atoms with Crippen LogP contribution in [0.15, 0.2) is 11.4 Å². The van der Waals surface area contributed by atoms with Crippen LogP contribution < -0.4 is 0 Å². The van der Waals surface area contributed by atoms with Crippen LogP contribution in [0.5, 0.6) is 0 Å². The summed E-state index contributed by atoms with van der Waals surface area (Å²) in [6.45, 7) is 6.10. The first kappa shape index (κ1) is 16.5. The number of hydrogen-bond donors (Lipinski definition) is 1. The molecule has 4 nitrogen and oxygen atoms in total. The zero-order valence-corrected chi connectivity index (χ0v) is 13.2. The first-order valence-electron chi connectivity index (χ1n) is 6.79. The summed E-state index contributed by atoms with van der Waals surface area (Å²) < 4.78 is 0. The fourth-order valence-electron chi connectivity index (χ4n) is 1.79. The summed E-state index contributed by atoms with van der Waals surface area (Å²) in [6.07, 6.45) is 0.492. The average Bonchev–Trinajstić information content (AvgIpc) is 2.88. The van der Waals surface area contributed by atoms with Crippen molar-refractivity contribution in [3.8, 4) is 11.8 Å². The number of aliphatic hydroxyl groups is 1. The summed E-state index contributed by atoms with van der Waals surface area (Å²) in [5, 5.41) is 10.7. The van der Waals surface area contributed by atoms with E-state index in [0.29, 0.717) is 13.0 Å². The fourth-order valence-corrected chi connectivity index (χ4v) is 2.66. The van der Waals surface area contributed by atoms with Crippen molar-refractivity contribution < 1.29 is 9.90 Å². The van der Waals surface area contributed by atoms with Gasteiger partial charge in [-0.25, -0.2) is 4.79 Å². The normalized spacial score (nSPS) is 9.80. The van der Waals surface area contributed by atoms with E-state index >= 15 is 0 Å². The minimum absolute atomic E-state index is 0.0521. The van der Waals surface area contributed by atoms with Gasteiger partial charge >= 0.3 is 6.03 Å². The molecule has 0 spiro atoms. The van der Waals surface area contributed by atoms with Gasteiger partial charge in [-0.3, -0.25) is 0 Å². The second kappa shape index (κ2) is 8.62. The number of amides is 2. The molecule has 0 bridgehead atoms. The molecule has 1 aromatic heterocycles. The summed E-state index contributed by atoms with van der Waals surface area (Å²) in [5.74, 6) is 5.90. The van der Waals surface area contributed by atoms with Gasteiger partial charge in [0.15, 0.2) is 0 Å². The van der Waals surface area contributed by atoms with Gasteiger partial charge in [0, 0.05) is 42.4 Å². The van der Waals surface area contributed by atoms with Crippen LogP contribution in [0, 0.1) is 11.8 Å². The van der Waals surface area contributed by atoms with Crippen molar-refractivity contribution in [3.63, 3.8) is 0 Å². The van der Waals surface area contributed by atoms with E-state index in [1.165, 1.54) is 0 Å². The largest absolute Gasteiger partial charge is 0.395 e. The summed E-state index contributed by atoms with van der Waals surface area (Å²) in [6, 6.07) is 2.05. The van der Waals surface area contributed by atoms with Gasteiger partial charge in [0.1, 0.15) is 0 Å². The Kier molecular flexibility index (Phi) is 7.13. The minimum atomic E-state index is 0.0521. The van der Waals surface area contributed by atoms with E-state index in [2.05, 4.69) is 11.8 Å². The molecule has 110 valence electrons. The molecule has 1 rings (SSSR count). The van der Waals surface area contributed by atoms with Crippen LogP contribution in [0.2, 0.25) is 0 Å². The van der Waals surface area contributed by atoms with Crippen LogP contribution >= 0.6 is 11.3 Å². The van der Waals surface area contributed by atoms with Crippen molar-refractivity contribution in [1.29, 1.82) is 0 Å². The van der Waals surface area contributed by atoms with E-state index < -0.39 is 0 Å². The van der Waals surface area contributed by atoms with E-state index in [4.69, 9.17) is 5.11 Å². The second-order valence-corrected chi connectivity index (χ2v) is 5.38. The average molecular weight is 294 g/mol. The van der Waals surface area contributed by atoms with Crippen molar-refractivity contribution in [2.45, 2.75) is 26.8 Å². The lowest BCUT2D eigenvalue weighted by Crippen LogP contribution is -2.40. The van der Waals surface area contributed by atoms with Crippen molar-refractivity contribution in [3.05, 3.63) is 21.9 Å². The van der Waals surface area contributed by atoms with Gasteiger partial charge in [0.25, 0.3) is 0 Å². The van der Waals surface area contributed by atoms with Crippen LogP contribution in [-0.4, -0.2) is 47.7 Å². The zero-order valence-electron chi connectivity index (χ0n) is 12.3.